The van der Waals surface area contributed by atoms with E-state index in [1.54, 1.807) is 38.1 Å². The Morgan fingerprint density at radius 1 is 1.16 bits per heavy atom. The molecule has 0 bridgehead atoms. The summed E-state index contributed by atoms with van der Waals surface area (Å²) in [6.45, 7) is 5.25. The van der Waals surface area contributed by atoms with Crippen molar-refractivity contribution in [3.8, 4) is 11.5 Å². The van der Waals surface area contributed by atoms with Crippen molar-refractivity contribution < 1.29 is 27.6 Å². The van der Waals surface area contributed by atoms with Gasteiger partial charge in [0.25, 0.3) is 5.91 Å². The SMILES string of the molecule is CCN(CC)S(=O)(=O)c1ccc(OC(C)C(=O)Nc2ccc(OC)cc2)c([N+](=O)[O-])c1. The fourth-order valence-corrected chi connectivity index (χ4v) is 4.25. The number of rotatable bonds is 10. The van der Waals surface area contributed by atoms with E-state index in [1.807, 2.05) is 0 Å². The van der Waals surface area contributed by atoms with Crippen molar-refractivity contribution in [3.63, 3.8) is 0 Å². The first-order chi connectivity index (χ1) is 14.6. The minimum Gasteiger partial charge on any atom is -0.497 e. The zero-order chi connectivity index (χ0) is 23.2. The predicted molar refractivity (Wildman–Crippen MR) is 115 cm³/mol. The summed E-state index contributed by atoms with van der Waals surface area (Å²) in [5.41, 5.74) is -0.0475. The zero-order valence-electron chi connectivity index (χ0n) is 17.7. The second-order valence-electron chi connectivity index (χ2n) is 6.45. The number of nitro benzene ring substituents is 1. The third-order valence-electron chi connectivity index (χ3n) is 4.50. The number of benzene rings is 2. The summed E-state index contributed by atoms with van der Waals surface area (Å²) in [6, 6.07) is 9.96. The first kappa shape index (κ1) is 24.1. The maximum atomic E-state index is 12.6. The maximum Gasteiger partial charge on any atom is 0.312 e. The van der Waals surface area contributed by atoms with Crippen LogP contribution >= 0.6 is 0 Å². The van der Waals surface area contributed by atoms with Crippen LogP contribution in [-0.2, 0) is 14.8 Å². The second kappa shape index (κ2) is 10.2. The van der Waals surface area contributed by atoms with Gasteiger partial charge in [-0.15, -0.1) is 0 Å². The molecule has 0 aliphatic carbocycles. The van der Waals surface area contributed by atoms with Gasteiger partial charge in [-0.1, -0.05) is 13.8 Å². The van der Waals surface area contributed by atoms with Gasteiger partial charge in [0, 0.05) is 24.8 Å². The Balaban J connectivity index is 2.23. The fourth-order valence-electron chi connectivity index (χ4n) is 2.77. The van der Waals surface area contributed by atoms with E-state index in [0.29, 0.717) is 11.4 Å². The van der Waals surface area contributed by atoms with E-state index in [4.69, 9.17) is 9.47 Å². The predicted octanol–water partition coefficient (Wildman–Crippen LogP) is 3.04. The van der Waals surface area contributed by atoms with E-state index >= 15 is 0 Å². The Kier molecular flexibility index (Phi) is 7.95. The van der Waals surface area contributed by atoms with E-state index in [1.165, 1.54) is 30.5 Å². The molecule has 0 aliphatic heterocycles. The Morgan fingerprint density at radius 3 is 2.29 bits per heavy atom. The average molecular weight is 452 g/mol. The molecule has 2 aromatic carbocycles. The molecule has 2 aromatic rings. The number of methoxy groups -OCH3 is 1. The lowest BCUT2D eigenvalue weighted by atomic mass is 10.2. The topological polar surface area (TPSA) is 128 Å². The highest BCUT2D eigenvalue weighted by atomic mass is 32.2. The first-order valence-electron chi connectivity index (χ1n) is 9.54. The summed E-state index contributed by atoms with van der Waals surface area (Å²) in [5, 5.41) is 14.2. The summed E-state index contributed by atoms with van der Waals surface area (Å²) in [5.74, 6) is -0.113. The number of anilines is 1. The van der Waals surface area contributed by atoms with Crippen LogP contribution < -0.4 is 14.8 Å². The fraction of sp³-hybridized carbons (Fsp3) is 0.350. The molecule has 0 aromatic heterocycles. The second-order valence-corrected chi connectivity index (χ2v) is 8.39. The monoisotopic (exact) mass is 451 g/mol. The zero-order valence-corrected chi connectivity index (χ0v) is 18.5. The molecule has 0 heterocycles. The van der Waals surface area contributed by atoms with Crippen LogP contribution in [0, 0.1) is 10.1 Å². The number of carbonyl (C=O) groups is 1. The van der Waals surface area contributed by atoms with Crippen molar-refractivity contribution >= 4 is 27.3 Å². The average Bonchev–Trinajstić information content (AvgIpc) is 2.74. The molecule has 0 saturated carbocycles. The van der Waals surface area contributed by atoms with Crippen molar-refractivity contribution in [2.75, 3.05) is 25.5 Å². The van der Waals surface area contributed by atoms with Gasteiger partial charge in [-0.25, -0.2) is 8.42 Å². The first-order valence-corrected chi connectivity index (χ1v) is 11.0. The number of sulfonamides is 1. The standard InChI is InChI=1S/C20H25N3O7S/c1-5-22(6-2)31(27,28)17-11-12-19(18(13-17)23(25)26)30-14(3)20(24)21-15-7-9-16(29-4)10-8-15/h7-14H,5-6H2,1-4H3,(H,21,24). The smallest absolute Gasteiger partial charge is 0.312 e. The summed E-state index contributed by atoms with van der Waals surface area (Å²) in [6.07, 6.45) is -1.08. The van der Waals surface area contributed by atoms with Gasteiger partial charge in [0.2, 0.25) is 10.0 Å². The van der Waals surface area contributed by atoms with Crippen LogP contribution in [0.5, 0.6) is 11.5 Å². The van der Waals surface area contributed by atoms with E-state index in [2.05, 4.69) is 5.32 Å². The van der Waals surface area contributed by atoms with Crippen molar-refractivity contribution in [1.82, 2.24) is 4.31 Å². The van der Waals surface area contributed by atoms with Crippen LogP contribution in [-0.4, -0.2) is 49.9 Å². The van der Waals surface area contributed by atoms with Gasteiger partial charge in [-0.3, -0.25) is 14.9 Å². The van der Waals surface area contributed by atoms with Crippen LogP contribution in [0.15, 0.2) is 47.4 Å². The van der Waals surface area contributed by atoms with Gasteiger partial charge in [0.15, 0.2) is 11.9 Å². The molecule has 1 amide bonds. The molecule has 11 heteroatoms. The van der Waals surface area contributed by atoms with Crippen molar-refractivity contribution in [3.05, 3.63) is 52.6 Å². The van der Waals surface area contributed by atoms with Gasteiger partial charge in [-0.05, 0) is 43.3 Å². The number of hydrogen-bond acceptors (Lipinski definition) is 7. The molecular formula is C20H25N3O7S. The number of carbonyl (C=O) groups excluding carboxylic acids is 1. The summed E-state index contributed by atoms with van der Waals surface area (Å²) in [7, 11) is -2.36. The van der Waals surface area contributed by atoms with E-state index in [-0.39, 0.29) is 23.7 Å². The Bertz CT molecular complexity index is 1040. The highest BCUT2D eigenvalue weighted by Gasteiger charge is 2.27. The largest absolute Gasteiger partial charge is 0.497 e. The van der Waals surface area contributed by atoms with Crippen molar-refractivity contribution in [2.45, 2.75) is 31.8 Å². The third kappa shape index (κ3) is 5.70. The molecule has 168 valence electrons. The molecule has 2 rings (SSSR count). The Morgan fingerprint density at radius 2 is 1.77 bits per heavy atom. The third-order valence-corrected chi connectivity index (χ3v) is 6.55. The van der Waals surface area contributed by atoms with Gasteiger partial charge >= 0.3 is 5.69 Å². The van der Waals surface area contributed by atoms with Crippen LogP contribution in [0.25, 0.3) is 0 Å². The molecule has 10 nitrogen and oxygen atoms in total. The van der Waals surface area contributed by atoms with Crippen molar-refractivity contribution in [2.24, 2.45) is 0 Å². The van der Waals surface area contributed by atoms with Gasteiger partial charge in [0.05, 0.1) is 16.9 Å². The lowest BCUT2D eigenvalue weighted by Crippen LogP contribution is -2.31. The lowest BCUT2D eigenvalue weighted by Gasteiger charge is -2.19. The number of amides is 1. The maximum absolute atomic E-state index is 12.6. The number of nitrogens with one attached hydrogen (secondary N) is 1. The summed E-state index contributed by atoms with van der Waals surface area (Å²) >= 11 is 0. The van der Waals surface area contributed by atoms with E-state index in [9.17, 15) is 23.3 Å². The van der Waals surface area contributed by atoms with Gasteiger partial charge in [0.1, 0.15) is 5.75 Å². The van der Waals surface area contributed by atoms with Crippen LogP contribution in [0.3, 0.4) is 0 Å². The van der Waals surface area contributed by atoms with E-state index < -0.39 is 32.6 Å². The van der Waals surface area contributed by atoms with Gasteiger partial charge < -0.3 is 14.8 Å². The molecule has 31 heavy (non-hydrogen) atoms. The minimum atomic E-state index is -3.88. The highest BCUT2D eigenvalue weighted by molar-refractivity contribution is 7.89. The minimum absolute atomic E-state index is 0.208. The number of hydrogen-bond donors (Lipinski definition) is 1. The molecule has 0 radical (unpaired) electrons. The van der Waals surface area contributed by atoms with Crippen molar-refractivity contribution in [1.29, 1.82) is 0 Å². The molecular weight excluding hydrogens is 426 g/mol. The molecule has 1 N–H and O–H groups in total. The number of ether oxygens (including phenoxy) is 2. The molecule has 0 spiro atoms. The summed E-state index contributed by atoms with van der Waals surface area (Å²) in [4.78, 5) is 23.0. The Labute approximate surface area is 181 Å². The highest BCUT2D eigenvalue weighted by Crippen LogP contribution is 2.31. The summed E-state index contributed by atoms with van der Waals surface area (Å²) < 4.78 is 37.0. The van der Waals surface area contributed by atoms with E-state index in [0.717, 1.165) is 6.07 Å². The lowest BCUT2D eigenvalue weighted by molar-refractivity contribution is -0.386. The molecule has 0 aliphatic rings. The molecule has 1 atom stereocenters. The number of nitrogens with zero attached hydrogens (tertiary/aromatic N) is 2. The normalized spacial score (nSPS) is 12.3. The van der Waals surface area contributed by atoms with Crippen LogP contribution in [0.4, 0.5) is 11.4 Å². The van der Waals surface area contributed by atoms with Gasteiger partial charge in [-0.2, -0.15) is 4.31 Å². The molecule has 0 fully saturated rings. The van der Waals surface area contributed by atoms with Crippen LogP contribution in [0.1, 0.15) is 20.8 Å². The molecule has 1 unspecified atom stereocenters. The Hall–Kier alpha value is -3.18. The number of nitro groups is 1. The van der Waals surface area contributed by atoms with Crippen LogP contribution in [0.2, 0.25) is 0 Å². The molecule has 0 saturated heterocycles. The quantitative estimate of drug-likeness (QED) is 0.434.